The molecule has 1 amide bonds. The van der Waals surface area contributed by atoms with E-state index in [1.807, 2.05) is 31.2 Å². The Balaban J connectivity index is 2.09. The van der Waals surface area contributed by atoms with E-state index in [0.29, 0.717) is 0 Å². The zero-order valence-electron chi connectivity index (χ0n) is 15.0. The number of ether oxygens (including phenoxy) is 1. The van der Waals surface area contributed by atoms with E-state index >= 15 is 0 Å². The third-order valence-electron chi connectivity index (χ3n) is 3.96. The Hall–Kier alpha value is -2.83. The van der Waals surface area contributed by atoms with Crippen molar-refractivity contribution in [3.63, 3.8) is 0 Å². The third-order valence-corrected chi connectivity index (χ3v) is 3.96. The zero-order valence-corrected chi connectivity index (χ0v) is 15.0. The minimum atomic E-state index is -4.48. The first-order chi connectivity index (χ1) is 12.7. The van der Waals surface area contributed by atoms with E-state index in [1.165, 1.54) is 19.2 Å². The predicted octanol–water partition coefficient (Wildman–Crippen LogP) is 3.46. The molecule has 0 bridgehead atoms. The van der Waals surface area contributed by atoms with Gasteiger partial charge < -0.3 is 10.1 Å². The number of hydrogen-bond donors (Lipinski definition) is 1. The number of aryl methyl sites for hydroxylation is 1. The molecule has 0 spiro atoms. The van der Waals surface area contributed by atoms with Gasteiger partial charge in [-0.2, -0.15) is 13.2 Å². The molecular weight excluding hydrogens is 359 g/mol. The van der Waals surface area contributed by atoms with Crippen LogP contribution >= 0.6 is 0 Å². The summed E-state index contributed by atoms with van der Waals surface area (Å²) in [5.41, 5.74) is 1.23. The highest BCUT2D eigenvalue weighted by molar-refractivity contribution is 5.85. The summed E-state index contributed by atoms with van der Waals surface area (Å²) in [7, 11) is 1.21. The maximum atomic E-state index is 12.8. The molecule has 0 saturated carbocycles. The second kappa shape index (κ2) is 8.70. The van der Waals surface area contributed by atoms with Crippen molar-refractivity contribution in [1.82, 2.24) is 5.32 Å². The molecule has 7 heteroatoms. The lowest BCUT2D eigenvalue weighted by atomic mass is 10.0. The minimum absolute atomic E-state index is 0.210. The number of rotatable bonds is 6. The van der Waals surface area contributed by atoms with Gasteiger partial charge in [-0.3, -0.25) is 4.79 Å². The van der Waals surface area contributed by atoms with E-state index in [0.717, 1.165) is 23.3 Å². The fourth-order valence-corrected chi connectivity index (χ4v) is 2.70. The molecular formula is C20H20F3NO3. The van der Waals surface area contributed by atoms with Gasteiger partial charge in [0.2, 0.25) is 5.91 Å². The molecule has 0 heterocycles. The SMILES string of the molecule is COC(=O)[C@@H](Cc1cccc(C)c1)NC(=O)Cc1cccc(C(F)(F)F)c1. The van der Waals surface area contributed by atoms with Crippen molar-refractivity contribution in [1.29, 1.82) is 0 Å². The standard InChI is InChI=1S/C20H20F3NO3/c1-13-5-3-6-14(9-13)11-17(19(26)27-2)24-18(25)12-15-7-4-8-16(10-15)20(21,22)23/h3-10,17H,11-12H2,1-2H3,(H,24,25)/t17-/m1/s1. The fourth-order valence-electron chi connectivity index (χ4n) is 2.70. The van der Waals surface area contributed by atoms with E-state index in [1.54, 1.807) is 0 Å². The quantitative estimate of drug-likeness (QED) is 0.782. The molecule has 0 aliphatic rings. The van der Waals surface area contributed by atoms with Gasteiger partial charge in [-0.15, -0.1) is 0 Å². The molecule has 0 fully saturated rings. The maximum absolute atomic E-state index is 12.8. The molecule has 27 heavy (non-hydrogen) atoms. The number of halogens is 3. The van der Waals surface area contributed by atoms with Crippen LogP contribution in [-0.4, -0.2) is 25.0 Å². The molecule has 4 nitrogen and oxygen atoms in total. The van der Waals surface area contributed by atoms with Gasteiger partial charge in [0.15, 0.2) is 0 Å². The van der Waals surface area contributed by atoms with Crippen LogP contribution in [0, 0.1) is 6.92 Å². The molecule has 0 aliphatic carbocycles. The molecule has 0 aromatic heterocycles. The number of amides is 1. The summed E-state index contributed by atoms with van der Waals surface area (Å²) in [4.78, 5) is 24.3. The van der Waals surface area contributed by atoms with Crippen molar-refractivity contribution in [3.05, 3.63) is 70.8 Å². The van der Waals surface area contributed by atoms with Crippen LogP contribution in [0.1, 0.15) is 22.3 Å². The van der Waals surface area contributed by atoms with E-state index in [9.17, 15) is 22.8 Å². The monoisotopic (exact) mass is 379 g/mol. The summed E-state index contributed by atoms with van der Waals surface area (Å²) in [5, 5.41) is 2.55. The van der Waals surface area contributed by atoms with Gasteiger partial charge in [0.25, 0.3) is 0 Å². The predicted molar refractivity (Wildman–Crippen MR) is 94.0 cm³/mol. The summed E-state index contributed by atoms with van der Waals surface area (Å²) in [6.07, 6.45) is -4.53. The Bertz CT molecular complexity index is 818. The number of alkyl halides is 3. The van der Waals surface area contributed by atoms with Crippen LogP contribution in [0.4, 0.5) is 13.2 Å². The zero-order chi connectivity index (χ0) is 20.0. The number of carbonyl (C=O) groups is 2. The van der Waals surface area contributed by atoms with Crippen molar-refractivity contribution in [2.24, 2.45) is 0 Å². The van der Waals surface area contributed by atoms with Crippen molar-refractivity contribution >= 4 is 11.9 Å². The summed E-state index contributed by atoms with van der Waals surface area (Å²) in [6.45, 7) is 1.91. The van der Waals surface area contributed by atoms with Crippen LogP contribution in [0.5, 0.6) is 0 Å². The van der Waals surface area contributed by atoms with Gasteiger partial charge in [0.05, 0.1) is 19.1 Å². The lowest BCUT2D eigenvalue weighted by Gasteiger charge is -2.17. The van der Waals surface area contributed by atoms with Crippen molar-refractivity contribution in [2.75, 3.05) is 7.11 Å². The van der Waals surface area contributed by atoms with Crippen molar-refractivity contribution in [3.8, 4) is 0 Å². The van der Waals surface area contributed by atoms with Crippen LogP contribution in [0.15, 0.2) is 48.5 Å². The summed E-state index contributed by atoms with van der Waals surface area (Å²) in [6, 6.07) is 11.1. The molecule has 0 saturated heterocycles. The second-order valence-corrected chi connectivity index (χ2v) is 6.21. The molecule has 144 valence electrons. The molecule has 1 atom stereocenters. The maximum Gasteiger partial charge on any atom is 0.416 e. The Labute approximate surface area is 155 Å². The number of carbonyl (C=O) groups excluding carboxylic acids is 2. The Kier molecular flexibility index (Phi) is 6.60. The first kappa shape index (κ1) is 20.5. The Morgan fingerprint density at radius 3 is 2.37 bits per heavy atom. The Morgan fingerprint density at radius 2 is 1.74 bits per heavy atom. The topological polar surface area (TPSA) is 55.4 Å². The first-order valence-corrected chi connectivity index (χ1v) is 8.28. The molecule has 0 unspecified atom stereocenters. The summed E-state index contributed by atoms with van der Waals surface area (Å²) < 4.78 is 43.1. The van der Waals surface area contributed by atoms with Gasteiger partial charge in [0.1, 0.15) is 6.04 Å². The van der Waals surface area contributed by atoms with E-state index < -0.39 is 29.7 Å². The van der Waals surface area contributed by atoms with Gasteiger partial charge in [-0.1, -0.05) is 48.0 Å². The largest absolute Gasteiger partial charge is 0.467 e. The number of hydrogen-bond acceptors (Lipinski definition) is 3. The van der Waals surface area contributed by atoms with E-state index in [-0.39, 0.29) is 18.4 Å². The highest BCUT2D eigenvalue weighted by Crippen LogP contribution is 2.29. The summed E-state index contributed by atoms with van der Waals surface area (Å²) >= 11 is 0. The van der Waals surface area contributed by atoms with Crippen LogP contribution in [0.3, 0.4) is 0 Å². The van der Waals surface area contributed by atoms with Crippen molar-refractivity contribution in [2.45, 2.75) is 32.0 Å². The number of nitrogens with one attached hydrogen (secondary N) is 1. The fraction of sp³-hybridized carbons (Fsp3) is 0.300. The van der Waals surface area contributed by atoms with Crippen LogP contribution in [-0.2, 0) is 33.3 Å². The van der Waals surface area contributed by atoms with Crippen molar-refractivity contribution < 1.29 is 27.5 Å². The van der Waals surface area contributed by atoms with Gasteiger partial charge in [-0.25, -0.2) is 4.79 Å². The second-order valence-electron chi connectivity index (χ2n) is 6.21. The molecule has 1 N–H and O–H groups in total. The highest BCUT2D eigenvalue weighted by Gasteiger charge is 2.30. The Morgan fingerprint density at radius 1 is 1.07 bits per heavy atom. The molecule has 0 radical (unpaired) electrons. The molecule has 0 aliphatic heterocycles. The van der Waals surface area contributed by atoms with E-state index in [2.05, 4.69) is 5.32 Å². The number of benzene rings is 2. The minimum Gasteiger partial charge on any atom is -0.467 e. The van der Waals surface area contributed by atoms with Crippen LogP contribution in [0.25, 0.3) is 0 Å². The molecule has 2 aromatic carbocycles. The smallest absolute Gasteiger partial charge is 0.416 e. The van der Waals surface area contributed by atoms with Gasteiger partial charge in [-0.05, 0) is 24.1 Å². The third kappa shape index (κ3) is 6.13. The number of esters is 1. The lowest BCUT2D eigenvalue weighted by molar-refractivity contribution is -0.145. The van der Waals surface area contributed by atoms with Crippen LogP contribution in [0.2, 0.25) is 0 Å². The number of methoxy groups -OCH3 is 1. The highest BCUT2D eigenvalue weighted by atomic mass is 19.4. The summed E-state index contributed by atoms with van der Waals surface area (Å²) in [5.74, 6) is -1.17. The molecule has 2 aromatic rings. The average Bonchev–Trinajstić information content (AvgIpc) is 2.60. The average molecular weight is 379 g/mol. The lowest BCUT2D eigenvalue weighted by Crippen LogP contribution is -2.43. The van der Waals surface area contributed by atoms with Gasteiger partial charge >= 0.3 is 12.1 Å². The van der Waals surface area contributed by atoms with Crippen LogP contribution < -0.4 is 5.32 Å². The first-order valence-electron chi connectivity index (χ1n) is 8.28. The normalized spacial score (nSPS) is 12.3. The van der Waals surface area contributed by atoms with Gasteiger partial charge in [0, 0.05) is 6.42 Å². The molecule has 2 rings (SSSR count). The van der Waals surface area contributed by atoms with E-state index in [4.69, 9.17) is 4.74 Å².